The van der Waals surface area contributed by atoms with Crippen molar-refractivity contribution < 1.29 is 19.1 Å². The molecule has 1 aromatic carbocycles. The highest BCUT2D eigenvalue weighted by Gasteiger charge is 2.41. The molecule has 7 nitrogen and oxygen atoms in total. The first kappa shape index (κ1) is 17.6. The first-order valence-corrected chi connectivity index (χ1v) is 9.32. The number of hydrogen-bond donors (Lipinski definition) is 1. The maximum Gasteiger partial charge on any atom is 0.317 e. The molecule has 3 amide bonds. The van der Waals surface area contributed by atoms with E-state index < -0.39 is 5.79 Å². The van der Waals surface area contributed by atoms with Crippen LogP contribution < -0.4 is 10.2 Å². The lowest BCUT2D eigenvalue weighted by Gasteiger charge is -2.37. The monoisotopic (exact) mass is 379 g/mol. The Morgan fingerprint density at radius 3 is 2.46 bits per heavy atom. The summed E-state index contributed by atoms with van der Waals surface area (Å²) in [5.74, 6) is -0.492. The van der Waals surface area contributed by atoms with Gasteiger partial charge in [0.2, 0.25) is 5.91 Å². The van der Waals surface area contributed by atoms with Crippen molar-refractivity contribution in [3.63, 3.8) is 0 Å². The molecule has 3 saturated heterocycles. The molecule has 26 heavy (non-hydrogen) atoms. The van der Waals surface area contributed by atoms with E-state index in [-0.39, 0.29) is 18.0 Å². The molecule has 3 aliphatic rings. The predicted molar refractivity (Wildman–Crippen MR) is 96.2 cm³/mol. The normalized spacial score (nSPS) is 25.1. The Hall–Kier alpha value is -1.83. The van der Waals surface area contributed by atoms with Crippen LogP contribution in [-0.2, 0) is 14.3 Å². The second-order valence-electron chi connectivity index (χ2n) is 6.93. The molecule has 3 heterocycles. The largest absolute Gasteiger partial charge is 0.347 e. The number of halogens is 1. The van der Waals surface area contributed by atoms with E-state index in [0.717, 1.165) is 5.69 Å². The van der Waals surface area contributed by atoms with E-state index in [0.29, 0.717) is 57.1 Å². The van der Waals surface area contributed by atoms with Crippen molar-refractivity contribution in [3.8, 4) is 0 Å². The lowest BCUT2D eigenvalue weighted by Crippen LogP contribution is -2.52. The van der Waals surface area contributed by atoms with E-state index >= 15 is 0 Å². The summed E-state index contributed by atoms with van der Waals surface area (Å²) in [6, 6.07) is 6.82. The van der Waals surface area contributed by atoms with Crippen LogP contribution in [0.4, 0.5) is 10.5 Å². The number of anilines is 1. The van der Waals surface area contributed by atoms with Crippen LogP contribution >= 0.6 is 11.6 Å². The van der Waals surface area contributed by atoms with E-state index in [1.807, 2.05) is 12.1 Å². The first-order chi connectivity index (χ1) is 12.5. The van der Waals surface area contributed by atoms with Crippen LogP contribution in [-0.4, -0.2) is 61.5 Å². The molecule has 0 aliphatic carbocycles. The molecule has 3 fully saturated rings. The quantitative estimate of drug-likeness (QED) is 0.853. The number of benzene rings is 1. The summed E-state index contributed by atoms with van der Waals surface area (Å²) >= 11 is 5.90. The SMILES string of the molecule is O=C(N[C@@H]1CC(=O)N(c2ccc(Cl)cc2)C1)N1CCC2(CC1)OCCO2. The summed E-state index contributed by atoms with van der Waals surface area (Å²) < 4.78 is 11.4. The van der Waals surface area contributed by atoms with Crippen molar-refractivity contribution in [1.29, 1.82) is 0 Å². The van der Waals surface area contributed by atoms with E-state index in [4.69, 9.17) is 21.1 Å². The zero-order valence-electron chi connectivity index (χ0n) is 14.4. The van der Waals surface area contributed by atoms with Gasteiger partial charge in [0.1, 0.15) is 0 Å². The zero-order chi connectivity index (χ0) is 18.1. The number of rotatable bonds is 2. The molecule has 3 aliphatic heterocycles. The molecular formula is C18H22ClN3O4. The molecule has 1 aromatic rings. The van der Waals surface area contributed by atoms with Gasteiger partial charge in [-0.2, -0.15) is 0 Å². The molecule has 1 atom stereocenters. The molecule has 0 saturated carbocycles. The number of amides is 3. The van der Waals surface area contributed by atoms with Gasteiger partial charge in [-0.05, 0) is 24.3 Å². The fourth-order valence-electron chi connectivity index (χ4n) is 3.78. The molecule has 0 bridgehead atoms. The van der Waals surface area contributed by atoms with Gasteiger partial charge in [-0.3, -0.25) is 4.79 Å². The highest BCUT2D eigenvalue weighted by molar-refractivity contribution is 6.30. The topological polar surface area (TPSA) is 71.1 Å². The molecule has 1 N–H and O–H groups in total. The van der Waals surface area contributed by atoms with Gasteiger partial charge in [-0.25, -0.2) is 4.79 Å². The summed E-state index contributed by atoms with van der Waals surface area (Å²) in [4.78, 5) is 28.3. The van der Waals surface area contributed by atoms with Gasteiger partial charge in [0.25, 0.3) is 0 Å². The second kappa shape index (κ2) is 7.06. The molecule has 0 aromatic heterocycles. The van der Waals surface area contributed by atoms with E-state index in [9.17, 15) is 9.59 Å². The summed E-state index contributed by atoms with van der Waals surface area (Å²) in [7, 11) is 0. The molecule has 4 rings (SSSR count). The van der Waals surface area contributed by atoms with Crippen molar-refractivity contribution in [2.45, 2.75) is 31.1 Å². The fraction of sp³-hybridized carbons (Fsp3) is 0.556. The van der Waals surface area contributed by atoms with Gasteiger partial charge in [-0.1, -0.05) is 11.6 Å². The summed E-state index contributed by atoms with van der Waals surface area (Å²) in [6.07, 6.45) is 1.67. The number of nitrogens with zero attached hydrogens (tertiary/aromatic N) is 2. The van der Waals surface area contributed by atoms with Gasteiger partial charge in [0.15, 0.2) is 5.79 Å². The molecule has 8 heteroatoms. The van der Waals surface area contributed by atoms with E-state index in [1.165, 1.54) is 0 Å². The minimum atomic E-state index is -0.495. The van der Waals surface area contributed by atoms with Crippen molar-refractivity contribution in [2.75, 3.05) is 37.7 Å². The third-order valence-electron chi connectivity index (χ3n) is 5.22. The third-order valence-corrected chi connectivity index (χ3v) is 5.47. The molecule has 140 valence electrons. The van der Waals surface area contributed by atoms with Crippen molar-refractivity contribution in [3.05, 3.63) is 29.3 Å². The van der Waals surface area contributed by atoms with Crippen LogP contribution in [0.15, 0.2) is 24.3 Å². The summed E-state index contributed by atoms with van der Waals surface area (Å²) in [5.41, 5.74) is 0.798. The standard InChI is InChI=1S/C18H22ClN3O4/c19-13-1-3-15(4-2-13)22-12-14(11-16(22)23)20-17(24)21-7-5-18(6-8-21)25-9-10-26-18/h1-4,14H,5-12H2,(H,20,24)/t14-/m1/s1. The van der Waals surface area contributed by atoms with Gasteiger partial charge < -0.3 is 24.6 Å². The van der Waals surface area contributed by atoms with E-state index in [1.54, 1.807) is 21.9 Å². The molecular weight excluding hydrogens is 358 g/mol. The van der Waals surface area contributed by atoms with Crippen LogP contribution in [0.5, 0.6) is 0 Å². The third kappa shape index (κ3) is 3.51. The Kier molecular flexibility index (Phi) is 4.77. The number of urea groups is 1. The molecule has 0 radical (unpaired) electrons. The number of nitrogens with one attached hydrogen (secondary N) is 1. The average Bonchev–Trinajstić information content (AvgIpc) is 3.23. The summed E-state index contributed by atoms with van der Waals surface area (Å²) in [5, 5.41) is 3.61. The van der Waals surface area contributed by atoms with Gasteiger partial charge in [0, 0.05) is 49.6 Å². The van der Waals surface area contributed by atoms with Crippen molar-refractivity contribution >= 4 is 29.2 Å². The lowest BCUT2D eigenvalue weighted by molar-refractivity contribution is -0.181. The predicted octanol–water partition coefficient (Wildman–Crippen LogP) is 1.99. The van der Waals surface area contributed by atoms with Crippen LogP contribution in [0, 0.1) is 0 Å². The van der Waals surface area contributed by atoms with Crippen LogP contribution in [0.25, 0.3) is 0 Å². The number of carbonyl (C=O) groups excluding carboxylic acids is 2. The zero-order valence-corrected chi connectivity index (χ0v) is 15.2. The molecule has 0 unspecified atom stereocenters. The highest BCUT2D eigenvalue weighted by atomic mass is 35.5. The second-order valence-corrected chi connectivity index (χ2v) is 7.36. The number of ether oxygens (including phenoxy) is 2. The highest BCUT2D eigenvalue weighted by Crippen LogP contribution is 2.31. The lowest BCUT2D eigenvalue weighted by atomic mass is 10.0. The van der Waals surface area contributed by atoms with E-state index in [2.05, 4.69) is 5.32 Å². The van der Waals surface area contributed by atoms with Crippen LogP contribution in [0.3, 0.4) is 0 Å². The first-order valence-electron chi connectivity index (χ1n) is 8.94. The van der Waals surface area contributed by atoms with Crippen molar-refractivity contribution in [1.82, 2.24) is 10.2 Å². The summed E-state index contributed by atoms with van der Waals surface area (Å²) in [6.45, 7) is 2.89. The number of carbonyl (C=O) groups is 2. The average molecular weight is 380 g/mol. The van der Waals surface area contributed by atoms with Gasteiger partial charge in [-0.15, -0.1) is 0 Å². The number of piperidine rings is 1. The van der Waals surface area contributed by atoms with Crippen LogP contribution in [0.2, 0.25) is 5.02 Å². The Bertz CT molecular complexity index is 680. The maximum atomic E-state index is 12.5. The van der Waals surface area contributed by atoms with Crippen LogP contribution in [0.1, 0.15) is 19.3 Å². The number of likely N-dealkylation sites (tertiary alicyclic amines) is 1. The Morgan fingerprint density at radius 2 is 1.81 bits per heavy atom. The minimum Gasteiger partial charge on any atom is -0.347 e. The smallest absolute Gasteiger partial charge is 0.317 e. The number of hydrogen-bond acceptors (Lipinski definition) is 4. The Labute approximate surface area is 157 Å². The minimum absolute atomic E-state index is 0.00275. The maximum absolute atomic E-state index is 12.5. The van der Waals surface area contributed by atoms with Gasteiger partial charge in [0.05, 0.1) is 19.3 Å². The fourth-order valence-corrected chi connectivity index (χ4v) is 3.90. The molecule has 1 spiro atoms. The van der Waals surface area contributed by atoms with Crippen molar-refractivity contribution in [2.24, 2.45) is 0 Å². The Morgan fingerprint density at radius 1 is 1.15 bits per heavy atom. The van der Waals surface area contributed by atoms with Gasteiger partial charge >= 0.3 is 6.03 Å². The Balaban J connectivity index is 1.31.